The molecule has 1 aliphatic heterocycles. The maximum Gasteiger partial charge on any atom is 0.198 e. The van der Waals surface area contributed by atoms with Crippen molar-refractivity contribution in [2.75, 3.05) is 24.5 Å². The molecule has 1 heterocycles. The highest BCUT2D eigenvalue weighted by Crippen LogP contribution is 2.21. The topological polar surface area (TPSA) is 44.9 Å². The van der Waals surface area contributed by atoms with Gasteiger partial charge in [-0.1, -0.05) is 24.3 Å². The highest BCUT2D eigenvalue weighted by molar-refractivity contribution is 14.0. The van der Waals surface area contributed by atoms with Gasteiger partial charge in [-0.05, 0) is 25.1 Å². The van der Waals surface area contributed by atoms with Crippen LogP contribution in [0, 0.1) is 0 Å². The van der Waals surface area contributed by atoms with Crippen LogP contribution in [0.1, 0.15) is 6.92 Å². The van der Waals surface area contributed by atoms with Gasteiger partial charge in [0.1, 0.15) is 5.82 Å². The van der Waals surface area contributed by atoms with Gasteiger partial charge in [-0.25, -0.2) is 0 Å². The number of nitrogens with zero attached hydrogens (tertiary/aromatic N) is 3. The van der Waals surface area contributed by atoms with Gasteiger partial charge in [0.15, 0.2) is 5.96 Å². The van der Waals surface area contributed by atoms with Gasteiger partial charge in [0, 0.05) is 25.3 Å². The maximum atomic E-state index is 5.99. The molecule has 1 aromatic carbocycles. The minimum absolute atomic E-state index is 0. The molecule has 0 aliphatic carbocycles. The van der Waals surface area contributed by atoms with E-state index in [1.807, 2.05) is 29.2 Å². The summed E-state index contributed by atoms with van der Waals surface area (Å²) in [5, 5.41) is 0. The molecule has 20 heavy (non-hydrogen) atoms. The van der Waals surface area contributed by atoms with Crippen molar-refractivity contribution in [1.29, 1.82) is 0 Å². The maximum absolute atomic E-state index is 5.99. The Hall–Kier alpha value is -1.50. The van der Waals surface area contributed by atoms with Crippen LogP contribution in [0.5, 0.6) is 0 Å². The second kappa shape index (κ2) is 7.94. The highest BCUT2D eigenvalue weighted by atomic mass is 127. The van der Waals surface area contributed by atoms with Crippen LogP contribution < -0.4 is 10.6 Å². The quantitative estimate of drug-likeness (QED) is 0.627. The van der Waals surface area contributed by atoms with E-state index in [1.165, 1.54) is 0 Å². The van der Waals surface area contributed by atoms with E-state index in [1.54, 1.807) is 0 Å². The molecule has 0 saturated heterocycles. The number of aliphatic imine (C=N–C) groups is 1. The number of rotatable bonds is 5. The van der Waals surface area contributed by atoms with Crippen molar-refractivity contribution in [2.45, 2.75) is 6.92 Å². The molecule has 0 bridgehead atoms. The predicted molar refractivity (Wildman–Crippen MR) is 96.4 cm³/mol. The first-order chi connectivity index (χ1) is 9.26. The summed E-state index contributed by atoms with van der Waals surface area (Å²) in [6, 6.07) is 10.2. The number of anilines is 1. The van der Waals surface area contributed by atoms with E-state index in [4.69, 9.17) is 5.73 Å². The lowest BCUT2D eigenvalue weighted by Gasteiger charge is -2.30. The fourth-order valence-electron chi connectivity index (χ4n) is 2.10. The SMILES string of the molecule is C=CCN1CC=C(N(CC)c2ccccc2)N=C1N.I. The Bertz CT molecular complexity index is 496. The molecule has 1 aromatic rings. The normalized spacial score (nSPS) is 13.9. The Morgan fingerprint density at radius 3 is 2.65 bits per heavy atom. The van der Waals surface area contributed by atoms with Gasteiger partial charge >= 0.3 is 0 Å². The Balaban J connectivity index is 0.00000200. The van der Waals surface area contributed by atoms with E-state index in [9.17, 15) is 0 Å². The second-order valence-corrected chi connectivity index (χ2v) is 4.31. The fraction of sp³-hybridized carbons (Fsp3) is 0.267. The van der Waals surface area contributed by atoms with Crippen molar-refractivity contribution in [1.82, 2.24) is 4.90 Å². The average Bonchev–Trinajstić information content (AvgIpc) is 2.44. The molecule has 0 amide bonds. The molecule has 1 aliphatic rings. The van der Waals surface area contributed by atoms with Crippen LogP contribution in [-0.4, -0.2) is 30.5 Å². The molecule has 0 spiro atoms. The highest BCUT2D eigenvalue weighted by Gasteiger charge is 2.16. The predicted octanol–water partition coefficient (Wildman–Crippen LogP) is 2.79. The molecule has 4 nitrogen and oxygen atoms in total. The summed E-state index contributed by atoms with van der Waals surface area (Å²) in [6.45, 7) is 8.17. The first-order valence-corrected chi connectivity index (χ1v) is 6.49. The molecular formula is C15H21IN4. The number of benzene rings is 1. The van der Waals surface area contributed by atoms with E-state index in [-0.39, 0.29) is 24.0 Å². The van der Waals surface area contributed by atoms with Gasteiger partial charge < -0.3 is 15.5 Å². The number of hydrogen-bond donors (Lipinski definition) is 1. The molecule has 0 unspecified atom stereocenters. The lowest BCUT2D eigenvalue weighted by molar-refractivity contribution is 0.495. The van der Waals surface area contributed by atoms with E-state index in [0.717, 1.165) is 31.1 Å². The van der Waals surface area contributed by atoms with Crippen molar-refractivity contribution in [3.05, 3.63) is 54.9 Å². The minimum atomic E-state index is 0. The van der Waals surface area contributed by atoms with Gasteiger partial charge in [-0.3, -0.25) is 0 Å². The van der Waals surface area contributed by atoms with Crippen LogP contribution in [0.15, 0.2) is 59.9 Å². The molecule has 0 radical (unpaired) electrons. The van der Waals surface area contributed by atoms with Gasteiger partial charge in [0.25, 0.3) is 0 Å². The second-order valence-electron chi connectivity index (χ2n) is 4.31. The number of para-hydroxylation sites is 1. The van der Waals surface area contributed by atoms with E-state index < -0.39 is 0 Å². The lowest BCUT2D eigenvalue weighted by Crippen LogP contribution is -2.41. The van der Waals surface area contributed by atoms with Crippen LogP contribution in [0.25, 0.3) is 0 Å². The molecule has 0 aromatic heterocycles. The summed E-state index contributed by atoms with van der Waals surface area (Å²) in [6.07, 6.45) is 3.92. The smallest absolute Gasteiger partial charge is 0.198 e. The summed E-state index contributed by atoms with van der Waals surface area (Å²) in [5.74, 6) is 1.46. The van der Waals surface area contributed by atoms with Crippen molar-refractivity contribution in [3.63, 3.8) is 0 Å². The summed E-state index contributed by atoms with van der Waals surface area (Å²) in [7, 11) is 0. The Labute approximate surface area is 137 Å². The van der Waals surface area contributed by atoms with Gasteiger partial charge in [-0.2, -0.15) is 4.99 Å². The zero-order valence-corrected chi connectivity index (χ0v) is 14.0. The van der Waals surface area contributed by atoms with E-state index in [2.05, 4.69) is 41.6 Å². The third-order valence-corrected chi connectivity index (χ3v) is 3.06. The largest absolute Gasteiger partial charge is 0.369 e. The standard InChI is InChI=1S/C15H20N4.HI/c1-3-11-18-12-10-14(17-15(18)16)19(4-2)13-8-6-5-7-9-13;/h3,5-10H,1,4,11-12H2,2H3,(H2,16,17);1H. The zero-order chi connectivity index (χ0) is 13.7. The first kappa shape index (κ1) is 16.6. The minimum Gasteiger partial charge on any atom is -0.369 e. The van der Waals surface area contributed by atoms with Crippen molar-refractivity contribution >= 4 is 35.6 Å². The van der Waals surface area contributed by atoms with Crippen molar-refractivity contribution < 1.29 is 0 Å². The van der Waals surface area contributed by atoms with Crippen LogP contribution in [0.3, 0.4) is 0 Å². The van der Waals surface area contributed by atoms with Gasteiger partial charge in [-0.15, -0.1) is 30.6 Å². The molecule has 2 N–H and O–H groups in total. The molecule has 0 fully saturated rings. The molecule has 0 saturated carbocycles. The van der Waals surface area contributed by atoms with E-state index >= 15 is 0 Å². The van der Waals surface area contributed by atoms with Crippen LogP contribution in [0.2, 0.25) is 0 Å². The molecular weight excluding hydrogens is 363 g/mol. The Morgan fingerprint density at radius 2 is 2.10 bits per heavy atom. The molecule has 0 atom stereocenters. The molecule has 2 rings (SSSR count). The Morgan fingerprint density at radius 1 is 1.40 bits per heavy atom. The number of hydrogen-bond acceptors (Lipinski definition) is 4. The summed E-state index contributed by atoms with van der Waals surface area (Å²) < 4.78 is 0. The summed E-state index contributed by atoms with van der Waals surface area (Å²) >= 11 is 0. The van der Waals surface area contributed by atoms with Gasteiger partial charge in [0.05, 0.1) is 0 Å². The van der Waals surface area contributed by atoms with Crippen LogP contribution in [0.4, 0.5) is 5.69 Å². The van der Waals surface area contributed by atoms with Crippen LogP contribution in [-0.2, 0) is 0 Å². The van der Waals surface area contributed by atoms with Crippen LogP contribution >= 0.6 is 24.0 Å². The average molecular weight is 384 g/mol. The number of guanidine groups is 1. The van der Waals surface area contributed by atoms with Crippen molar-refractivity contribution in [2.24, 2.45) is 10.7 Å². The lowest BCUT2D eigenvalue weighted by atomic mass is 10.2. The summed E-state index contributed by atoms with van der Waals surface area (Å²) in [4.78, 5) is 8.62. The monoisotopic (exact) mass is 384 g/mol. The summed E-state index contributed by atoms with van der Waals surface area (Å²) in [5.41, 5.74) is 7.12. The zero-order valence-electron chi connectivity index (χ0n) is 11.7. The third kappa shape index (κ3) is 3.75. The number of halogens is 1. The number of nitrogens with two attached hydrogens (primary N) is 1. The molecule has 108 valence electrons. The van der Waals surface area contributed by atoms with Crippen molar-refractivity contribution in [3.8, 4) is 0 Å². The Kier molecular flexibility index (Phi) is 6.57. The van der Waals surface area contributed by atoms with Gasteiger partial charge in [0.2, 0.25) is 0 Å². The third-order valence-electron chi connectivity index (χ3n) is 3.06. The molecule has 5 heteroatoms. The fourth-order valence-corrected chi connectivity index (χ4v) is 2.10. The first-order valence-electron chi connectivity index (χ1n) is 6.49. The van der Waals surface area contributed by atoms with E-state index in [0.29, 0.717) is 5.96 Å².